The van der Waals surface area contributed by atoms with Crippen LogP contribution in [-0.4, -0.2) is 47.9 Å². The van der Waals surface area contributed by atoms with Gasteiger partial charge in [-0.25, -0.2) is 9.79 Å². The molecular weight excluding hydrogens is 368 g/mol. The van der Waals surface area contributed by atoms with Crippen LogP contribution in [-0.2, 0) is 4.79 Å². The third-order valence-corrected chi connectivity index (χ3v) is 3.69. The summed E-state index contributed by atoms with van der Waals surface area (Å²) in [5.74, 6) is -1.14. The zero-order valence-corrected chi connectivity index (χ0v) is 13.3. The smallest absolute Gasteiger partial charge is 0.352 e. The van der Waals surface area contributed by atoms with Gasteiger partial charge in [0.25, 0.3) is 5.91 Å². The monoisotopic (exact) mass is 378 g/mol. The number of urea groups is 1. The molecule has 3 heterocycles. The number of dihydropyridines is 1. The number of nitrogens with one attached hydrogen (secondary N) is 1. The van der Waals surface area contributed by atoms with Gasteiger partial charge in [0, 0.05) is 19.3 Å². The third-order valence-electron chi connectivity index (χ3n) is 3.27. The Bertz CT molecular complexity index is 765. The Morgan fingerprint density at radius 3 is 2.96 bits per heavy atom. The van der Waals surface area contributed by atoms with Crippen molar-refractivity contribution in [2.45, 2.75) is 0 Å². The van der Waals surface area contributed by atoms with Crippen LogP contribution in [0.4, 0.5) is 4.79 Å². The Morgan fingerprint density at radius 1 is 1.39 bits per heavy atom. The van der Waals surface area contributed by atoms with E-state index in [1.807, 2.05) is 0 Å². The van der Waals surface area contributed by atoms with E-state index in [9.17, 15) is 14.4 Å². The number of furan rings is 1. The Balaban J connectivity index is 1.60. The van der Waals surface area contributed by atoms with E-state index >= 15 is 0 Å². The molecule has 0 radical (unpaired) electrons. The topological polar surface area (TPSA) is 104 Å². The minimum atomic E-state index is -0.677. The molecule has 0 spiro atoms. The number of imide groups is 1. The largest absolute Gasteiger partial charge is 0.444 e. The Morgan fingerprint density at radius 2 is 2.22 bits per heavy atom. The number of halogens is 1. The molecule has 1 N–H and O–H groups in total. The van der Waals surface area contributed by atoms with Crippen LogP contribution in [0.3, 0.4) is 0 Å². The van der Waals surface area contributed by atoms with E-state index in [2.05, 4.69) is 31.2 Å². The van der Waals surface area contributed by atoms with Crippen molar-refractivity contribution >= 4 is 45.8 Å². The lowest BCUT2D eigenvalue weighted by molar-refractivity contribution is -0.129. The van der Waals surface area contributed by atoms with Gasteiger partial charge in [-0.3, -0.25) is 14.5 Å². The second kappa shape index (κ2) is 6.29. The summed E-state index contributed by atoms with van der Waals surface area (Å²) in [5, 5.41) is 2.58. The van der Waals surface area contributed by atoms with Gasteiger partial charge in [-0.2, -0.15) is 4.99 Å². The van der Waals surface area contributed by atoms with E-state index < -0.39 is 23.8 Å². The summed E-state index contributed by atoms with van der Waals surface area (Å²) in [6.45, 7) is 0.120. The molecule has 1 aromatic rings. The number of rotatable bonds is 4. The number of amidine groups is 1. The molecule has 3 rings (SSSR count). The molecule has 9 heteroatoms. The lowest BCUT2D eigenvalue weighted by Crippen LogP contribution is -2.48. The number of carbonyl (C=O) groups excluding carboxylic acids is 3. The van der Waals surface area contributed by atoms with E-state index in [4.69, 9.17) is 4.42 Å². The molecule has 0 aliphatic carbocycles. The number of nitrogens with zero attached hydrogens (tertiary/aromatic N) is 3. The van der Waals surface area contributed by atoms with Gasteiger partial charge >= 0.3 is 6.03 Å². The average Bonchev–Trinajstić information content (AvgIpc) is 2.97. The van der Waals surface area contributed by atoms with Gasteiger partial charge in [0.05, 0.1) is 0 Å². The second-order valence-electron chi connectivity index (χ2n) is 4.74. The maximum atomic E-state index is 12.3. The minimum absolute atomic E-state index is 0.0239. The Hall–Kier alpha value is -2.55. The third kappa shape index (κ3) is 3.14. The number of amides is 4. The highest BCUT2D eigenvalue weighted by Crippen LogP contribution is 2.18. The first-order valence-corrected chi connectivity index (χ1v) is 7.54. The summed E-state index contributed by atoms with van der Waals surface area (Å²) in [5.41, 5.74) is 0. The molecular formula is C14H11BrN4O4. The van der Waals surface area contributed by atoms with Crippen LogP contribution in [0.15, 0.2) is 43.4 Å². The molecule has 0 fully saturated rings. The van der Waals surface area contributed by atoms with E-state index in [-0.39, 0.29) is 24.7 Å². The molecule has 4 amide bonds. The van der Waals surface area contributed by atoms with Crippen LogP contribution in [0.25, 0.3) is 0 Å². The fraction of sp³-hybridized carbons (Fsp3) is 0.214. The fourth-order valence-corrected chi connectivity index (χ4v) is 2.48. The van der Waals surface area contributed by atoms with Crippen LogP contribution in [0.2, 0.25) is 0 Å². The first-order valence-electron chi connectivity index (χ1n) is 6.74. The van der Waals surface area contributed by atoms with E-state index in [1.54, 1.807) is 18.2 Å². The molecule has 2 aliphatic rings. The molecule has 2 aliphatic heterocycles. The summed E-state index contributed by atoms with van der Waals surface area (Å²) in [6.07, 6.45) is 4.74. The molecule has 1 atom stereocenters. The number of aliphatic imine (C=N–C) groups is 2. The van der Waals surface area contributed by atoms with Gasteiger partial charge in [0.2, 0.25) is 5.91 Å². The number of fused-ring (bicyclic) bond motifs is 1. The van der Waals surface area contributed by atoms with Crippen molar-refractivity contribution in [1.82, 2.24) is 10.2 Å². The van der Waals surface area contributed by atoms with Crippen molar-refractivity contribution in [2.75, 3.05) is 13.1 Å². The van der Waals surface area contributed by atoms with Gasteiger partial charge in [-0.1, -0.05) is 6.08 Å². The maximum absolute atomic E-state index is 12.3. The predicted molar refractivity (Wildman–Crippen MR) is 84.4 cm³/mol. The van der Waals surface area contributed by atoms with E-state index in [0.29, 0.717) is 4.67 Å². The lowest BCUT2D eigenvalue weighted by Gasteiger charge is -2.27. The molecule has 1 unspecified atom stereocenters. The normalized spacial score (nSPS) is 19.6. The minimum Gasteiger partial charge on any atom is -0.444 e. The van der Waals surface area contributed by atoms with Crippen LogP contribution in [0.1, 0.15) is 10.6 Å². The quantitative estimate of drug-likeness (QED) is 0.854. The Kier molecular flexibility index (Phi) is 4.20. The van der Waals surface area contributed by atoms with Gasteiger partial charge in [-0.05, 0) is 34.1 Å². The van der Waals surface area contributed by atoms with Crippen molar-refractivity contribution < 1.29 is 18.8 Å². The van der Waals surface area contributed by atoms with Gasteiger partial charge in [0.1, 0.15) is 11.8 Å². The molecule has 23 heavy (non-hydrogen) atoms. The first-order chi connectivity index (χ1) is 11.1. The van der Waals surface area contributed by atoms with Crippen LogP contribution < -0.4 is 5.32 Å². The number of hydrogen-bond acceptors (Lipinski definition) is 5. The van der Waals surface area contributed by atoms with Gasteiger partial charge in [0.15, 0.2) is 10.4 Å². The second-order valence-corrected chi connectivity index (χ2v) is 5.52. The summed E-state index contributed by atoms with van der Waals surface area (Å²) >= 11 is 3.10. The zero-order chi connectivity index (χ0) is 16.4. The Labute approximate surface area is 139 Å². The van der Waals surface area contributed by atoms with E-state index in [0.717, 1.165) is 4.90 Å². The fourth-order valence-electron chi connectivity index (χ4n) is 2.17. The molecule has 0 bridgehead atoms. The maximum Gasteiger partial charge on any atom is 0.352 e. The zero-order valence-electron chi connectivity index (χ0n) is 11.7. The van der Waals surface area contributed by atoms with Crippen molar-refractivity contribution in [3.8, 4) is 0 Å². The highest BCUT2D eigenvalue weighted by atomic mass is 79.9. The molecule has 118 valence electrons. The van der Waals surface area contributed by atoms with E-state index in [1.165, 1.54) is 12.3 Å². The summed E-state index contributed by atoms with van der Waals surface area (Å²) in [6, 6.07) is 2.43. The summed E-state index contributed by atoms with van der Waals surface area (Å²) < 4.78 is 5.55. The highest BCUT2D eigenvalue weighted by molar-refractivity contribution is 9.10. The number of carbonyl (C=O) groups is 3. The number of hydrogen-bond donors (Lipinski definition) is 1. The lowest BCUT2D eigenvalue weighted by atomic mass is 10.0. The van der Waals surface area contributed by atoms with Crippen LogP contribution >= 0.6 is 15.9 Å². The van der Waals surface area contributed by atoms with Gasteiger partial charge < -0.3 is 9.73 Å². The van der Waals surface area contributed by atoms with Crippen molar-refractivity contribution in [2.24, 2.45) is 15.9 Å². The predicted octanol–water partition coefficient (Wildman–Crippen LogP) is 1.39. The summed E-state index contributed by atoms with van der Waals surface area (Å²) in [7, 11) is 0. The number of allylic oxidation sites excluding steroid dienone is 1. The average molecular weight is 379 g/mol. The van der Waals surface area contributed by atoms with Gasteiger partial charge in [-0.15, -0.1) is 0 Å². The SMILES string of the molecule is O=C(NCCN1C(=O)N=C2N=CC=CC2C1=O)c1ccc(Br)o1. The van der Waals surface area contributed by atoms with Crippen molar-refractivity contribution in [3.63, 3.8) is 0 Å². The molecule has 8 nitrogen and oxygen atoms in total. The van der Waals surface area contributed by atoms with Crippen molar-refractivity contribution in [3.05, 3.63) is 34.7 Å². The molecule has 0 saturated carbocycles. The first kappa shape index (κ1) is 15.3. The van der Waals surface area contributed by atoms with Crippen LogP contribution in [0, 0.1) is 5.92 Å². The standard InChI is InChI=1S/C14H11BrN4O4/c15-10-4-3-9(23-10)12(20)17-6-7-19-13(21)8-2-1-5-16-11(8)18-14(19)22/h1-5,8H,6-7H2,(H,17,20). The molecule has 0 saturated heterocycles. The molecule has 0 aromatic carbocycles. The van der Waals surface area contributed by atoms with Crippen LogP contribution in [0.5, 0.6) is 0 Å². The molecule has 1 aromatic heterocycles. The van der Waals surface area contributed by atoms with Crippen molar-refractivity contribution in [1.29, 1.82) is 0 Å². The highest BCUT2D eigenvalue weighted by Gasteiger charge is 2.36. The summed E-state index contributed by atoms with van der Waals surface area (Å²) in [4.78, 5) is 44.7.